The van der Waals surface area contributed by atoms with Gasteiger partial charge in [0.2, 0.25) is 0 Å². The molecule has 0 aliphatic carbocycles. The minimum atomic E-state index is -3.83. The Kier molecular flexibility index (Phi) is 4.24. The normalized spacial score (nSPS) is 11.4. The zero-order chi connectivity index (χ0) is 15.6. The van der Waals surface area contributed by atoms with Gasteiger partial charge in [0.05, 0.1) is 13.7 Å². The van der Waals surface area contributed by atoms with Crippen LogP contribution < -0.4 is 9.46 Å². The minimum absolute atomic E-state index is 0.0154. The summed E-state index contributed by atoms with van der Waals surface area (Å²) in [4.78, 5) is -0.0154. The molecule has 2 aromatic rings. The predicted molar refractivity (Wildman–Crippen MR) is 77.9 cm³/mol. The van der Waals surface area contributed by atoms with Gasteiger partial charge >= 0.3 is 0 Å². The number of hydrogen-bond donors (Lipinski definition) is 2. The first-order chi connectivity index (χ1) is 9.89. The summed E-state index contributed by atoms with van der Waals surface area (Å²) in [5.74, 6) is 1.27. The highest BCUT2D eigenvalue weighted by Gasteiger charge is 2.26. The first kappa shape index (κ1) is 15.4. The molecule has 0 saturated carbocycles. The van der Waals surface area contributed by atoms with E-state index < -0.39 is 16.6 Å². The number of sulfonamides is 1. The number of rotatable bonds is 5. The minimum Gasteiger partial charge on any atom is -0.497 e. The van der Waals surface area contributed by atoms with Crippen LogP contribution in [0.25, 0.3) is 0 Å². The lowest BCUT2D eigenvalue weighted by Crippen LogP contribution is -2.15. The van der Waals surface area contributed by atoms with Gasteiger partial charge in [0.1, 0.15) is 22.2 Å². The third-order valence-corrected chi connectivity index (χ3v) is 4.67. The van der Waals surface area contributed by atoms with Crippen molar-refractivity contribution < 1.29 is 22.7 Å². The van der Waals surface area contributed by atoms with E-state index in [1.807, 2.05) is 0 Å². The standard InChI is InChI=1S/C14H17NO5S/c1-9-13(8-16)14(10(2)20-9)21(17,18)15-11-4-6-12(19-3)7-5-11/h4-7,15-16H,8H2,1-3H3. The van der Waals surface area contributed by atoms with Crippen LogP contribution in [0.1, 0.15) is 17.1 Å². The van der Waals surface area contributed by atoms with Crippen LogP contribution in [-0.2, 0) is 16.6 Å². The monoisotopic (exact) mass is 311 g/mol. The van der Waals surface area contributed by atoms with Crippen molar-refractivity contribution in [3.63, 3.8) is 0 Å². The Bertz CT molecular complexity index is 731. The molecule has 2 N–H and O–H groups in total. The molecule has 0 fully saturated rings. The number of nitrogens with one attached hydrogen (secondary N) is 1. The summed E-state index contributed by atoms with van der Waals surface area (Å²) in [6.45, 7) is 2.77. The van der Waals surface area contributed by atoms with Crippen LogP contribution in [-0.4, -0.2) is 20.6 Å². The van der Waals surface area contributed by atoms with Gasteiger partial charge in [-0.15, -0.1) is 0 Å². The highest BCUT2D eigenvalue weighted by molar-refractivity contribution is 7.92. The first-order valence-electron chi connectivity index (χ1n) is 6.25. The van der Waals surface area contributed by atoms with Crippen molar-refractivity contribution in [2.24, 2.45) is 0 Å². The summed E-state index contributed by atoms with van der Waals surface area (Å²) in [6, 6.07) is 6.49. The Morgan fingerprint density at radius 3 is 2.33 bits per heavy atom. The van der Waals surface area contributed by atoms with Gasteiger partial charge in [-0.1, -0.05) is 0 Å². The van der Waals surface area contributed by atoms with Crippen molar-refractivity contribution in [3.05, 3.63) is 41.3 Å². The molecule has 21 heavy (non-hydrogen) atoms. The van der Waals surface area contributed by atoms with Crippen LogP contribution in [0.15, 0.2) is 33.6 Å². The fourth-order valence-electron chi connectivity index (χ4n) is 2.11. The number of hydrogen-bond acceptors (Lipinski definition) is 5. The van der Waals surface area contributed by atoms with Gasteiger partial charge in [-0.05, 0) is 38.1 Å². The molecule has 0 saturated heterocycles. The number of aliphatic hydroxyl groups is 1. The fourth-order valence-corrected chi connectivity index (χ4v) is 3.61. The predicted octanol–water partition coefficient (Wildman–Crippen LogP) is 2.20. The van der Waals surface area contributed by atoms with E-state index in [0.717, 1.165) is 0 Å². The molecule has 0 radical (unpaired) electrons. The van der Waals surface area contributed by atoms with Crippen molar-refractivity contribution in [2.45, 2.75) is 25.3 Å². The van der Waals surface area contributed by atoms with Gasteiger partial charge in [-0.25, -0.2) is 8.42 Å². The lowest BCUT2D eigenvalue weighted by molar-refractivity contribution is 0.276. The fraction of sp³-hybridized carbons (Fsp3) is 0.286. The van der Waals surface area contributed by atoms with Gasteiger partial charge in [-0.3, -0.25) is 4.72 Å². The molecular formula is C14H17NO5S. The summed E-state index contributed by atoms with van der Waals surface area (Å²) in [7, 11) is -2.30. The molecule has 0 amide bonds. The van der Waals surface area contributed by atoms with E-state index in [4.69, 9.17) is 9.15 Å². The maximum Gasteiger partial charge on any atom is 0.265 e. The molecule has 0 bridgehead atoms. The molecule has 2 rings (SSSR count). The van der Waals surface area contributed by atoms with Crippen LogP contribution in [0.4, 0.5) is 5.69 Å². The summed E-state index contributed by atoms with van der Waals surface area (Å²) < 4.78 is 37.7. The Hall–Kier alpha value is -1.99. The maximum absolute atomic E-state index is 12.5. The molecule has 1 heterocycles. The summed E-state index contributed by atoms with van der Waals surface area (Å²) in [6.07, 6.45) is 0. The molecule has 1 aromatic carbocycles. The van der Waals surface area contributed by atoms with Crippen molar-refractivity contribution in [1.82, 2.24) is 0 Å². The smallest absolute Gasteiger partial charge is 0.265 e. The lowest BCUT2D eigenvalue weighted by Gasteiger charge is -2.09. The van der Waals surface area contributed by atoms with Crippen molar-refractivity contribution >= 4 is 15.7 Å². The zero-order valence-corrected chi connectivity index (χ0v) is 12.8. The SMILES string of the molecule is COc1ccc(NS(=O)(=O)c2c(C)oc(C)c2CO)cc1. The molecule has 0 atom stereocenters. The summed E-state index contributed by atoms with van der Waals surface area (Å²) in [5, 5.41) is 9.34. The second kappa shape index (κ2) is 5.79. The number of aryl methyl sites for hydroxylation is 2. The van der Waals surface area contributed by atoms with Crippen molar-refractivity contribution in [1.29, 1.82) is 0 Å². The number of furan rings is 1. The van der Waals surface area contributed by atoms with E-state index in [1.165, 1.54) is 7.11 Å². The lowest BCUT2D eigenvalue weighted by atomic mass is 10.2. The highest BCUT2D eigenvalue weighted by Crippen LogP contribution is 2.28. The Morgan fingerprint density at radius 1 is 1.19 bits per heavy atom. The van der Waals surface area contributed by atoms with E-state index in [2.05, 4.69) is 4.72 Å². The third kappa shape index (κ3) is 3.03. The summed E-state index contributed by atoms with van der Waals surface area (Å²) in [5.41, 5.74) is 0.673. The Labute approximate surface area is 123 Å². The van der Waals surface area contributed by atoms with E-state index in [0.29, 0.717) is 17.2 Å². The topological polar surface area (TPSA) is 88.8 Å². The van der Waals surface area contributed by atoms with E-state index >= 15 is 0 Å². The molecular weight excluding hydrogens is 294 g/mol. The van der Waals surface area contributed by atoms with E-state index in [9.17, 15) is 13.5 Å². The van der Waals surface area contributed by atoms with E-state index in [-0.39, 0.29) is 16.2 Å². The highest BCUT2D eigenvalue weighted by atomic mass is 32.2. The molecule has 0 aliphatic rings. The molecule has 6 nitrogen and oxygen atoms in total. The number of aliphatic hydroxyl groups excluding tert-OH is 1. The number of benzene rings is 1. The van der Waals surface area contributed by atoms with E-state index in [1.54, 1.807) is 38.1 Å². The van der Waals surface area contributed by atoms with Crippen LogP contribution in [0, 0.1) is 13.8 Å². The van der Waals surface area contributed by atoms with Crippen molar-refractivity contribution in [2.75, 3.05) is 11.8 Å². The Morgan fingerprint density at radius 2 is 1.81 bits per heavy atom. The Balaban J connectivity index is 2.38. The van der Waals surface area contributed by atoms with Crippen LogP contribution in [0.5, 0.6) is 5.75 Å². The van der Waals surface area contributed by atoms with Gasteiger partial charge < -0.3 is 14.3 Å². The van der Waals surface area contributed by atoms with Gasteiger partial charge in [0.25, 0.3) is 10.0 Å². The third-order valence-electron chi connectivity index (χ3n) is 3.09. The zero-order valence-electron chi connectivity index (χ0n) is 12.0. The van der Waals surface area contributed by atoms with Gasteiger partial charge in [-0.2, -0.15) is 0 Å². The molecule has 0 unspecified atom stereocenters. The largest absolute Gasteiger partial charge is 0.497 e. The van der Waals surface area contributed by atoms with Crippen LogP contribution in [0.2, 0.25) is 0 Å². The first-order valence-corrected chi connectivity index (χ1v) is 7.74. The second-order valence-electron chi connectivity index (χ2n) is 4.51. The number of methoxy groups -OCH3 is 1. The summed E-state index contributed by atoms with van der Waals surface area (Å²) >= 11 is 0. The molecule has 0 spiro atoms. The second-order valence-corrected chi connectivity index (χ2v) is 6.13. The van der Waals surface area contributed by atoms with Crippen LogP contribution in [0.3, 0.4) is 0 Å². The van der Waals surface area contributed by atoms with Crippen LogP contribution >= 0.6 is 0 Å². The quantitative estimate of drug-likeness (QED) is 0.883. The average molecular weight is 311 g/mol. The van der Waals surface area contributed by atoms with Gasteiger partial charge in [0.15, 0.2) is 0 Å². The molecule has 7 heteroatoms. The molecule has 114 valence electrons. The van der Waals surface area contributed by atoms with Crippen molar-refractivity contribution in [3.8, 4) is 5.75 Å². The van der Waals surface area contributed by atoms with Gasteiger partial charge in [0, 0.05) is 11.3 Å². The number of ether oxygens (including phenoxy) is 1. The molecule has 1 aromatic heterocycles. The molecule has 0 aliphatic heterocycles. The number of anilines is 1. The average Bonchev–Trinajstić information content (AvgIpc) is 2.73. The maximum atomic E-state index is 12.5.